The fourth-order valence-electron chi connectivity index (χ4n) is 2.38. The molecular formula is C16H20ClN3O3S. The number of hydrogen-bond donors (Lipinski definition) is 1. The predicted octanol–water partition coefficient (Wildman–Crippen LogP) is 2.25. The topological polar surface area (TPSA) is 71.4 Å². The number of aromatic nitrogens is 1. The van der Waals surface area contributed by atoms with Crippen molar-refractivity contribution in [2.75, 3.05) is 13.6 Å². The van der Waals surface area contributed by atoms with E-state index in [-0.39, 0.29) is 23.0 Å². The van der Waals surface area contributed by atoms with Crippen molar-refractivity contribution in [3.05, 3.63) is 52.8 Å². The van der Waals surface area contributed by atoms with Gasteiger partial charge >= 0.3 is 0 Å². The van der Waals surface area contributed by atoms with E-state index in [0.29, 0.717) is 11.6 Å². The maximum Gasteiger partial charge on any atom is 0.267 e. The second-order valence-electron chi connectivity index (χ2n) is 5.31. The van der Waals surface area contributed by atoms with E-state index in [9.17, 15) is 13.2 Å². The molecule has 0 aliphatic heterocycles. The van der Waals surface area contributed by atoms with Gasteiger partial charge in [0.05, 0.1) is 0 Å². The molecule has 0 saturated heterocycles. The first-order chi connectivity index (χ1) is 11.3. The van der Waals surface area contributed by atoms with Crippen molar-refractivity contribution in [1.82, 2.24) is 14.2 Å². The van der Waals surface area contributed by atoms with Crippen LogP contribution in [0.4, 0.5) is 0 Å². The van der Waals surface area contributed by atoms with Gasteiger partial charge in [0.25, 0.3) is 5.91 Å². The van der Waals surface area contributed by atoms with Crippen molar-refractivity contribution < 1.29 is 13.2 Å². The molecule has 2 rings (SSSR count). The maximum atomic E-state index is 12.9. The van der Waals surface area contributed by atoms with E-state index in [0.717, 1.165) is 5.56 Å². The molecule has 2 aromatic rings. The summed E-state index contributed by atoms with van der Waals surface area (Å²) in [6.07, 6.45) is 1.44. The van der Waals surface area contributed by atoms with Crippen molar-refractivity contribution in [2.45, 2.75) is 18.4 Å². The Bertz CT molecular complexity index is 846. The van der Waals surface area contributed by atoms with Crippen molar-refractivity contribution in [3.8, 4) is 0 Å². The fraction of sp³-hybridized carbons (Fsp3) is 0.312. The Morgan fingerprint density at radius 2 is 2.04 bits per heavy atom. The molecule has 1 N–H and O–H groups in total. The van der Waals surface area contributed by atoms with Gasteiger partial charge < -0.3 is 9.88 Å². The minimum atomic E-state index is -3.72. The highest BCUT2D eigenvalue weighted by Gasteiger charge is 2.26. The van der Waals surface area contributed by atoms with Crippen LogP contribution < -0.4 is 5.32 Å². The molecule has 0 fully saturated rings. The molecule has 6 nitrogen and oxygen atoms in total. The third kappa shape index (κ3) is 3.80. The number of aryl methyl sites for hydroxylation is 1. The molecule has 0 aliphatic rings. The Hall–Kier alpha value is -1.83. The van der Waals surface area contributed by atoms with Gasteiger partial charge in [-0.1, -0.05) is 30.7 Å². The van der Waals surface area contributed by atoms with Gasteiger partial charge in [-0.25, -0.2) is 8.42 Å². The average Bonchev–Trinajstić information content (AvgIpc) is 2.94. The van der Waals surface area contributed by atoms with E-state index in [4.69, 9.17) is 11.6 Å². The van der Waals surface area contributed by atoms with Crippen LogP contribution in [0.25, 0.3) is 0 Å². The molecule has 24 heavy (non-hydrogen) atoms. The van der Waals surface area contributed by atoms with Crippen molar-refractivity contribution >= 4 is 27.5 Å². The molecule has 130 valence electrons. The quantitative estimate of drug-likeness (QED) is 0.848. The molecule has 0 spiro atoms. The summed E-state index contributed by atoms with van der Waals surface area (Å²) in [7, 11) is -0.579. The Kier molecular flexibility index (Phi) is 5.69. The van der Waals surface area contributed by atoms with E-state index in [1.807, 2.05) is 6.07 Å². The molecular weight excluding hydrogens is 350 g/mol. The summed E-state index contributed by atoms with van der Waals surface area (Å²) in [6, 6.07) is 8.47. The van der Waals surface area contributed by atoms with Gasteiger partial charge in [0, 0.05) is 38.4 Å². The lowest BCUT2D eigenvalue weighted by molar-refractivity contribution is 0.0955. The van der Waals surface area contributed by atoms with Crippen molar-refractivity contribution in [3.63, 3.8) is 0 Å². The van der Waals surface area contributed by atoms with Crippen LogP contribution in [0, 0.1) is 0 Å². The van der Waals surface area contributed by atoms with Gasteiger partial charge in [-0.3, -0.25) is 4.79 Å². The van der Waals surface area contributed by atoms with Gasteiger partial charge in [0.15, 0.2) is 0 Å². The lowest BCUT2D eigenvalue weighted by Crippen LogP contribution is -2.30. The Labute approximate surface area is 147 Å². The smallest absolute Gasteiger partial charge is 0.267 e. The van der Waals surface area contributed by atoms with Gasteiger partial charge in [-0.2, -0.15) is 4.31 Å². The molecule has 1 amide bonds. The minimum Gasteiger partial charge on any atom is -0.354 e. The molecule has 0 aliphatic carbocycles. The summed E-state index contributed by atoms with van der Waals surface area (Å²) < 4.78 is 28.6. The molecule has 0 radical (unpaired) electrons. The lowest BCUT2D eigenvalue weighted by atomic mass is 10.2. The summed E-state index contributed by atoms with van der Waals surface area (Å²) in [6.45, 7) is 2.29. The summed E-state index contributed by atoms with van der Waals surface area (Å²) in [4.78, 5) is 11.9. The highest BCUT2D eigenvalue weighted by atomic mass is 35.5. The van der Waals surface area contributed by atoms with Crippen LogP contribution in [0.1, 0.15) is 23.0 Å². The Morgan fingerprint density at radius 1 is 1.33 bits per heavy atom. The monoisotopic (exact) mass is 369 g/mol. The minimum absolute atomic E-state index is 0.0903. The fourth-order valence-corrected chi connectivity index (χ4v) is 4.11. The first-order valence-electron chi connectivity index (χ1n) is 7.42. The van der Waals surface area contributed by atoms with Crippen molar-refractivity contribution in [2.24, 2.45) is 7.05 Å². The number of halogens is 1. The van der Waals surface area contributed by atoms with Gasteiger partial charge in [0.2, 0.25) is 10.0 Å². The molecule has 0 saturated carbocycles. The number of amides is 1. The number of rotatable bonds is 6. The third-order valence-corrected chi connectivity index (χ3v) is 5.80. The predicted molar refractivity (Wildman–Crippen MR) is 93.5 cm³/mol. The first kappa shape index (κ1) is 18.5. The zero-order valence-corrected chi connectivity index (χ0v) is 15.4. The largest absolute Gasteiger partial charge is 0.354 e. The maximum absolute atomic E-state index is 12.9. The van der Waals surface area contributed by atoms with Gasteiger partial charge in [0.1, 0.15) is 10.6 Å². The highest BCUT2D eigenvalue weighted by Crippen LogP contribution is 2.21. The second kappa shape index (κ2) is 7.38. The molecule has 0 unspecified atom stereocenters. The molecule has 1 heterocycles. The molecule has 0 atom stereocenters. The summed E-state index contributed by atoms with van der Waals surface area (Å²) >= 11 is 5.96. The number of nitrogens with zero attached hydrogens (tertiary/aromatic N) is 2. The molecule has 1 aromatic carbocycles. The van der Waals surface area contributed by atoms with E-state index in [2.05, 4.69) is 5.32 Å². The second-order valence-corrected chi connectivity index (χ2v) is 7.69. The molecule has 1 aromatic heterocycles. The highest BCUT2D eigenvalue weighted by molar-refractivity contribution is 7.89. The van der Waals surface area contributed by atoms with Crippen LogP contribution in [-0.2, 0) is 23.6 Å². The Balaban J connectivity index is 2.35. The van der Waals surface area contributed by atoms with E-state index in [1.165, 1.54) is 28.2 Å². The Morgan fingerprint density at radius 3 is 2.62 bits per heavy atom. The van der Waals surface area contributed by atoms with Crippen LogP contribution in [0.2, 0.25) is 5.02 Å². The van der Waals surface area contributed by atoms with Crippen LogP contribution in [-0.4, -0.2) is 36.8 Å². The first-order valence-corrected chi connectivity index (χ1v) is 9.24. The number of carbonyl (C=O) groups is 1. The third-order valence-electron chi connectivity index (χ3n) is 3.68. The standard InChI is InChI=1S/C16H20ClN3O3S/c1-4-20(10-12-6-5-7-13(17)8-12)24(22,23)14-9-15(16(21)18-2)19(3)11-14/h5-9,11H,4,10H2,1-3H3,(H,18,21). The van der Waals surface area contributed by atoms with Gasteiger partial charge in [-0.05, 0) is 23.8 Å². The van der Waals surface area contributed by atoms with E-state index < -0.39 is 10.0 Å². The number of carbonyl (C=O) groups excluding carboxylic acids is 1. The van der Waals surface area contributed by atoms with Crippen LogP contribution in [0.3, 0.4) is 0 Å². The number of hydrogen-bond acceptors (Lipinski definition) is 3. The zero-order chi connectivity index (χ0) is 17.9. The number of benzene rings is 1. The summed E-state index contributed by atoms with van der Waals surface area (Å²) in [5, 5.41) is 3.05. The van der Waals surface area contributed by atoms with Crippen LogP contribution in [0.15, 0.2) is 41.4 Å². The van der Waals surface area contributed by atoms with Gasteiger partial charge in [-0.15, -0.1) is 0 Å². The molecule has 0 bridgehead atoms. The SMILES string of the molecule is CCN(Cc1cccc(Cl)c1)S(=O)(=O)c1cc(C(=O)NC)n(C)c1. The summed E-state index contributed by atoms with van der Waals surface area (Å²) in [5.74, 6) is -0.336. The average molecular weight is 370 g/mol. The molecule has 8 heteroatoms. The normalized spacial score (nSPS) is 11.7. The lowest BCUT2D eigenvalue weighted by Gasteiger charge is -2.20. The number of sulfonamides is 1. The van der Waals surface area contributed by atoms with E-state index in [1.54, 1.807) is 32.2 Å². The summed E-state index contributed by atoms with van der Waals surface area (Å²) in [5.41, 5.74) is 1.09. The van der Waals surface area contributed by atoms with Crippen LogP contribution >= 0.6 is 11.6 Å². The zero-order valence-electron chi connectivity index (χ0n) is 13.8. The number of nitrogens with one attached hydrogen (secondary N) is 1. The van der Waals surface area contributed by atoms with Crippen molar-refractivity contribution in [1.29, 1.82) is 0 Å². The van der Waals surface area contributed by atoms with Crippen LogP contribution in [0.5, 0.6) is 0 Å². The van der Waals surface area contributed by atoms with E-state index >= 15 is 0 Å².